The lowest BCUT2D eigenvalue weighted by atomic mass is 10.1. The minimum absolute atomic E-state index is 0.124. The van der Waals surface area contributed by atoms with Gasteiger partial charge in [-0.15, -0.1) is 0 Å². The van der Waals surface area contributed by atoms with Crippen molar-refractivity contribution >= 4 is 5.91 Å². The van der Waals surface area contributed by atoms with E-state index in [9.17, 15) is 4.79 Å². The molecule has 1 aliphatic rings. The number of aryl methyl sites for hydroxylation is 1. The van der Waals surface area contributed by atoms with Crippen molar-refractivity contribution < 1.29 is 4.79 Å². The average Bonchev–Trinajstić information content (AvgIpc) is 2.56. The molecule has 0 bridgehead atoms. The van der Waals surface area contributed by atoms with Crippen molar-refractivity contribution in [2.45, 2.75) is 13.5 Å². The van der Waals surface area contributed by atoms with Gasteiger partial charge in [-0.05, 0) is 24.1 Å². The highest BCUT2D eigenvalue weighted by molar-refractivity contribution is 5.95. The summed E-state index contributed by atoms with van der Waals surface area (Å²) in [5, 5.41) is 0. The van der Waals surface area contributed by atoms with Crippen LogP contribution in [0.2, 0.25) is 0 Å². The monoisotopic (exact) mass is 295 g/mol. The van der Waals surface area contributed by atoms with E-state index >= 15 is 0 Å². The van der Waals surface area contributed by atoms with Gasteiger partial charge >= 0.3 is 0 Å². The first kappa shape index (κ1) is 14.7. The highest BCUT2D eigenvalue weighted by atomic mass is 16.2. The molecule has 0 unspecified atom stereocenters. The molecule has 4 heteroatoms. The molecule has 0 radical (unpaired) electrons. The molecule has 1 amide bonds. The molecule has 114 valence electrons. The summed E-state index contributed by atoms with van der Waals surface area (Å²) in [5.74, 6) is 0.124. The van der Waals surface area contributed by atoms with Crippen LogP contribution >= 0.6 is 0 Å². The van der Waals surface area contributed by atoms with Crippen LogP contribution in [0, 0.1) is 6.92 Å². The zero-order chi connectivity index (χ0) is 15.4. The first-order chi connectivity index (χ1) is 10.7. The maximum Gasteiger partial charge on any atom is 0.254 e. The van der Waals surface area contributed by atoms with Gasteiger partial charge in [-0.3, -0.25) is 14.7 Å². The fourth-order valence-electron chi connectivity index (χ4n) is 2.83. The molecule has 2 aromatic rings. The molecule has 0 spiro atoms. The van der Waals surface area contributed by atoms with Crippen molar-refractivity contribution in [3.8, 4) is 0 Å². The van der Waals surface area contributed by atoms with Crippen LogP contribution in [0.1, 0.15) is 21.5 Å². The van der Waals surface area contributed by atoms with E-state index in [0.29, 0.717) is 0 Å². The van der Waals surface area contributed by atoms with Crippen molar-refractivity contribution in [1.82, 2.24) is 14.8 Å². The van der Waals surface area contributed by atoms with Crippen LogP contribution in [0.25, 0.3) is 0 Å². The summed E-state index contributed by atoms with van der Waals surface area (Å²) in [6.07, 6.45) is 3.44. The van der Waals surface area contributed by atoms with E-state index in [1.54, 1.807) is 12.4 Å². The third kappa shape index (κ3) is 3.34. The predicted molar refractivity (Wildman–Crippen MR) is 86.6 cm³/mol. The molecule has 0 saturated carbocycles. The summed E-state index contributed by atoms with van der Waals surface area (Å²) in [7, 11) is 0. The van der Waals surface area contributed by atoms with Gasteiger partial charge in [-0.1, -0.05) is 30.3 Å². The molecule has 1 aromatic heterocycles. The Balaban J connectivity index is 1.58. The van der Waals surface area contributed by atoms with Crippen molar-refractivity contribution in [3.63, 3.8) is 0 Å². The summed E-state index contributed by atoms with van der Waals surface area (Å²) < 4.78 is 0. The molecular weight excluding hydrogens is 274 g/mol. The number of amides is 1. The van der Waals surface area contributed by atoms with Crippen LogP contribution in [0.5, 0.6) is 0 Å². The zero-order valence-electron chi connectivity index (χ0n) is 12.9. The molecule has 1 fully saturated rings. The Labute approximate surface area is 131 Å². The van der Waals surface area contributed by atoms with E-state index in [0.717, 1.165) is 43.9 Å². The van der Waals surface area contributed by atoms with Crippen molar-refractivity contribution in [1.29, 1.82) is 0 Å². The van der Waals surface area contributed by atoms with Gasteiger partial charge in [0.1, 0.15) is 0 Å². The molecule has 0 atom stereocenters. The van der Waals surface area contributed by atoms with Crippen molar-refractivity contribution in [2.24, 2.45) is 0 Å². The maximum atomic E-state index is 12.6. The van der Waals surface area contributed by atoms with Gasteiger partial charge in [0.05, 0.1) is 0 Å². The number of aromatic nitrogens is 1. The SMILES string of the molecule is Cc1cnccc1C(=O)N1CCN(Cc2ccccc2)CC1. The van der Waals surface area contributed by atoms with Crippen molar-refractivity contribution in [3.05, 3.63) is 65.5 Å². The molecule has 1 aliphatic heterocycles. The van der Waals surface area contributed by atoms with Gasteiger partial charge in [-0.2, -0.15) is 0 Å². The van der Waals surface area contributed by atoms with Crippen LogP contribution in [0.3, 0.4) is 0 Å². The van der Waals surface area contributed by atoms with Gasteiger partial charge in [0.2, 0.25) is 0 Å². The number of hydrogen-bond acceptors (Lipinski definition) is 3. The Hall–Kier alpha value is -2.20. The molecular formula is C18H21N3O. The largest absolute Gasteiger partial charge is 0.336 e. The molecule has 0 aliphatic carbocycles. The number of pyridine rings is 1. The van der Waals surface area contributed by atoms with Gasteiger partial charge in [0, 0.05) is 50.7 Å². The Morgan fingerprint density at radius 3 is 2.50 bits per heavy atom. The highest BCUT2D eigenvalue weighted by Gasteiger charge is 2.22. The average molecular weight is 295 g/mol. The summed E-state index contributed by atoms with van der Waals surface area (Å²) in [6, 6.07) is 12.3. The topological polar surface area (TPSA) is 36.4 Å². The Kier molecular flexibility index (Phi) is 4.49. The number of piperazine rings is 1. The van der Waals surface area contributed by atoms with E-state index in [4.69, 9.17) is 0 Å². The second-order valence-electron chi connectivity index (χ2n) is 5.74. The number of benzene rings is 1. The van der Waals surface area contributed by atoms with Crippen LogP contribution in [-0.4, -0.2) is 46.9 Å². The first-order valence-corrected chi connectivity index (χ1v) is 7.70. The van der Waals surface area contributed by atoms with Gasteiger partial charge < -0.3 is 4.90 Å². The smallest absolute Gasteiger partial charge is 0.254 e. The highest BCUT2D eigenvalue weighted by Crippen LogP contribution is 2.13. The molecule has 0 N–H and O–H groups in total. The minimum atomic E-state index is 0.124. The number of hydrogen-bond donors (Lipinski definition) is 0. The zero-order valence-corrected chi connectivity index (χ0v) is 12.9. The molecule has 2 heterocycles. The van der Waals surface area contributed by atoms with E-state index in [1.165, 1.54) is 5.56 Å². The molecule has 4 nitrogen and oxygen atoms in total. The van der Waals surface area contributed by atoms with Crippen LogP contribution in [0.4, 0.5) is 0 Å². The van der Waals surface area contributed by atoms with Gasteiger partial charge in [0.15, 0.2) is 0 Å². The predicted octanol–water partition coefficient (Wildman–Crippen LogP) is 2.35. The molecule has 22 heavy (non-hydrogen) atoms. The third-order valence-corrected chi connectivity index (χ3v) is 4.16. The molecule has 1 saturated heterocycles. The maximum absolute atomic E-state index is 12.6. The summed E-state index contributed by atoms with van der Waals surface area (Å²) in [5.41, 5.74) is 3.04. The van der Waals surface area contributed by atoms with Gasteiger partial charge in [0.25, 0.3) is 5.91 Å². The number of carbonyl (C=O) groups is 1. The lowest BCUT2D eigenvalue weighted by Gasteiger charge is -2.35. The second-order valence-corrected chi connectivity index (χ2v) is 5.74. The summed E-state index contributed by atoms with van der Waals surface area (Å²) in [4.78, 5) is 21.0. The minimum Gasteiger partial charge on any atom is -0.336 e. The van der Waals surface area contributed by atoms with E-state index in [1.807, 2.05) is 24.0 Å². The van der Waals surface area contributed by atoms with Crippen molar-refractivity contribution in [2.75, 3.05) is 26.2 Å². The van der Waals surface area contributed by atoms with E-state index < -0.39 is 0 Å². The van der Waals surface area contributed by atoms with Crippen LogP contribution < -0.4 is 0 Å². The van der Waals surface area contributed by atoms with Crippen LogP contribution in [0.15, 0.2) is 48.8 Å². The van der Waals surface area contributed by atoms with E-state index in [-0.39, 0.29) is 5.91 Å². The quantitative estimate of drug-likeness (QED) is 0.872. The molecule has 1 aromatic carbocycles. The third-order valence-electron chi connectivity index (χ3n) is 4.16. The lowest BCUT2D eigenvalue weighted by Crippen LogP contribution is -2.48. The number of rotatable bonds is 3. The van der Waals surface area contributed by atoms with Crippen LogP contribution in [-0.2, 0) is 6.54 Å². The summed E-state index contributed by atoms with van der Waals surface area (Å²) in [6.45, 7) is 6.30. The standard InChI is InChI=1S/C18H21N3O/c1-15-13-19-8-7-17(15)18(22)21-11-9-20(10-12-21)14-16-5-3-2-4-6-16/h2-8,13H,9-12,14H2,1H3. The Bertz CT molecular complexity index is 634. The number of carbonyl (C=O) groups excluding carboxylic acids is 1. The lowest BCUT2D eigenvalue weighted by molar-refractivity contribution is 0.0627. The first-order valence-electron chi connectivity index (χ1n) is 7.70. The Morgan fingerprint density at radius 2 is 1.82 bits per heavy atom. The normalized spacial score (nSPS) is 15.8. The van der Waals surface area contributed by atoms with E-state index in [2.05, 4.69) is 34.1 Å². The fourth-order valence-corrected chi connectivity index (χ4v) is 2.83. The number of nitrogens with zero attached hydrogens (tertiary/aromatic N) is 3. The second kappa shape index (κ2) is 6.71. The van der Waals surface area contributed by atoms with Gasteiger partial charge in [-0.25, -0.2) is 0 Å². The Morgan fingerprint density at radius 1 is 1.09 bits per heavy atom. The molecule has 3 rings (SSSR count). The summed E-state index contributed by atoms with van der Waals surface area (Å²) >= 11 is 0. The fraction of sp³-hybridized carbons (Fsp3) is 0.333.